The highest BCUT2D eigenvalue weighted by atomic mass is 16.5. The predicted molar refractivity (Wildman–Crippen MR) is 59.0 cm³/mol. The van der Waals surface area contributed by atoms with Crippen LogP contribution >= 0.6 is 0 Å². The van der Waals surface area contributed by atoms with Gasteiger partial charge in [0.05, 0.1) is 13.2 Å². The van der Waals surface area contributed by atoms with Gasteiger partial charge in [0.1, 0.15) is 0 Å². The summed E-state index contributed by atoms with van der Waals surface area (Å²) in [6.45, 7) is 7.94. The van der Waals surface area contributed by atoms with E-state index in [0.717, 1.165) is 45.8 Å². The zero-order chi connectivity index (χ0) is 10.9. The minimum atomic E-state index is -0.0647. The van der Waals surface area contributed by atoms with Gasteiger partial charge in [0.25, 0.3) is 0 Å². The highest BCUT2D eigenvalue weighted by Crippen LogP contribution is 1.94. The average Bonchev–Trinajstić information content (AvgIpc) is 2.28. The molecule has 0 aromatic carbocycles. The van der Waals surface area contributed by atoms with E-state index >= 15 is 0 Å². The van der Waals surface area contributed by atoms with Crippen molar-refractivity contribution >= 4 is 6.03 Å². The molecule has 0 radical (unpaired) electrons. The molecule has 0 unspecified atom stereocenters. The van der Waals surface area contributed by atoms with Crippen LogP contribution in [0.3, 0.4) is 0 Å². The molecule has 1 fully saturated rings. The Hall–Kier alpha value is -0.810. The van der Waals surface area contributed by atoms with Crippen molar-refractivity contribution in [3.8, 4) is 0 Å². The van der Waals surface area contributed by atoms with Crippen LogP contribution in [0.1, 0.15) is 13.3 Å². The lowest BCUT2D eigenvalue weighted by atomic mass is 10.4. The van der Waals surface area contributed by atoms with E-state index in [1.165, 1.54) is 0 Å². The van der Waals surface area contributed by atoms with Gasteiger partial charge < -0.3 is 15.4 Å². The number of nitrogens with zero attached hydrogens (tertiary/aromatic N) is 1. The summed E-state index contributed by atoms with van der Waals surface area (Å²) in [5.74, 6) is 0. The standard InChI is InChI=1S/C10H21N3O2/c1-2-3-11-10(14)12-4-5-13-6-8-15-9-7-13/h2-9H2,1H3,(H2,11,12,14). The first-order valence-corrected chi connectivity index (χ1v) is 5.64. The van der Waals surface area contributed by atoms with Crippen LogP contribution in [0.4, 0.5) is 4.79 Å². The molecule has 0 atom stereocenters. The van der Waals surface area contributed by atoms with Crippen molar-refractivity contribution < 1.29 is 9.53 Å². The van der Waals surface area contributed by atoms with Crippen LogP contribution in [0, 0.1) is 0 Å². The molecule has 1 heterocycles. The van der Waals surface area contributed by atoms with Crippen molar-refractivity contribution in [2.45, 2.75) is 13.3 Å². The van der Waals surface area contributed by atoms with E-state index in [9.17, 15) is 4.79 Å². The zero-order valence-electron chi connectivity index (χ0n) is 9.42. The van der Waals surface area contributed by atoms with Crippen LogP contribution < -0.4 is 10.6 Å². The van der Waals surface area contributed by atoms with E-state index in [4.69, 9.17) is 4.74 Å². The van der Waals surface area contributed by atoms with Gasteiger partial charge in [-0.05, 0) is 6.42 Å². The molecule has 5 heteroatoms. The minimum absolute atomic E-state index is 0.0647. The molecule has 1 saturated heterocycles. The Morgan fingerprint density at radius 3 is 2.60 bits per heavy atom. The largest absolute Gasteiger partial charge is 0.379 e. The SMILES string of the molecule is CCCNC(=O)NCCN1CCOCC1. The van der Waals surface area contributed by atoms with Crippen molar-refractivity contribution in [3.05, 3.63) is 0 Å². The number of hydrogen-bond donors (Lipinski definition) is 2. The maximum atomic E-state index is 11.2. The first kappa shape index (κ1) is 12.3. The molecule has 0 aromatic rings. The van der Waals surface area contributed by atoms with Crippen LogP contribution in [0.15, 0.2) is 0 Å². The number of carbonyl (C=O) groups excluding carboxylic acids is 1. The number of ether oxygens (including phenoxy) is 1. The van der Waals surface area contributed by atoms with Gasteiger partial charge in [-0.3, -0.25) is 4.90 Å². The molecule has 0 aromatic heterocycles. The molecule has 0 bridgehead atoms. The average molecular weight is 215 g/mol. The number of carbonyl (C=O) groups is 1. The summed E-state index contributed by atoms with van der Waals surface area (Å²) in [5, 5.41) is 5.61. The van der Waals surface area contributed by atoms with E-state index in [-0.39, 0.29) is 6.03 Å². The second-order valence-corrected chi connectivity index (χ2v) is 3.64. The summed E-state index contributed by atoms with van der Waals surface area (Å²) in [6, 6.07) is -0.0647. The molecular weight excluding hydrogens is 194 g/mol. The lowest BCUT2D eigenvalue weighted by molar-refractivity contribution is 0.0387. The van der Waals surface area contributed by atoms with E-state index in [2.05, 4.69) is 15.5 Å². The van der Waals surface area contributed by atoms with E-state index < -0.39 is 0 Å². The van der Waals surface area contributed by atoms with E-state index in [1.807, 2.05) is 6.92 Å². The molecule has 1 aliphatic rings. The summed E-state index contributed by atoms with van der Waals surface area (Å²) in [4.78, 5) is 13.5. The molecule has 1 rings (SSSR count). The fourth-order valence-corrected chi connectivity index (χ4v) is 1.45. The van der Waals surface area contributed by atoms with Gasteiger partial charge in [-0.25, -0.2) is 4.79 Å². The molecule has 2 amide bonds. The maximum absolute atomic E-state index is 11.2. The fourth-order valence-electron chi connectivity index (χ4n) is 1.45. The predicted octanol–water partition coefficient (Wildman–Crippen LogP) is 0.0278. The Morgan fingerprint density at radius 1 is 1.27 bits per heavy atom. The molecule has 15 heavy (non-hydrogen) atoms. The third kappa shape index (κ3) is 5.59. The first-order valence-electron chi connectivity index (χ1n) is 5.64. The Balaban J connectivity index is 1.97. The monoisotopic (exact) mass is 215 g/mol. The molecule has 0 saturated carbocycles. The molecule has 2 N–H and O–H groups in total. The topological polar surface area (TPSA) is 53.6 Å². The van der Waals surface area contributed by atoms with Crippen molar-refractivity contribution in [2.24, 2.45) is 0 Å². The molecular formula is C10H21N3O2. The van der Waals surface area contributed by atoms with Gasteiger partial charge in [0, 0.05) is 32.7 Å². The van der Waals surface area contributed by atoms with E-state index in [0.29, 0.717) is 6.54 Å². The van der Waals surface area contributed by atoms with Gasteiger partial charge in [-0.15, -0.1) is 0 Å². The Morgan fingerprint density at radius 2 is 1.93 bits per heavy atom. The number of morpholine rings is 1. The second-order valence-electron chi connectivity index (χ2n) is 3.64. The van der Waals surface area contributed by atoms with Gasteiger partial charge >= 0.3 is 6.03 Å². The number of amides is 2. The summed E-state index contributed by atoms with van der Waals surface area (Å²) in [7, 11) is 0. The number of urea groups is 1. The van der Waals surface area contributed by atoms with Gasteiger partial charge in [-0.1, -0.05) is 6.92 Å². The summed E-state index contributed by atoms with van der Waals surface area (Å²) in [6.07, 6.45) is 0.969. The Kier molecular flexibility index (Phi) is 6.11. The highest BCUT2D eigenvalue weighted by Gasteiger charge is 2.09. The lowest BCUT2D eigenvalue weighted by Gasteiger charge is -2.26. The van der Waals surface area contributed by atoms with Crippen LogP contribution in [-0.4, -0.2) is 56.9 Å². The summed E-state index contributed by atoms with van der Waals surface area (Å²) >= 11 is 0. The van der Waals surface area contributed by atoms with Gasteiger partial charge in [0.2, 0.25) is 0 Å². The Bertz CT molecular complexity index is 182. The first-order chi connectivity index (χ1) is 7.33. The number of nitrogens with one attached hydrogen (secondary N) is 2. The van der Waals surface area contributed by atoms with Crippen LogP contribution in [0.2, 0.25) is 0 Å². The van der Waals surface area contributed by atoms with Crippen molar-refractivity contribution in [1.82, 2.24) is 15.5 Å². The number of rotatable bonds is 5. The fraction of sp³-hybridized carbons (Fsp3) is 0.900. The smallest absolute Gasteiger partial charge is 0.314 e. The second kappa shape index (κ2) is 7.48. The lowest BCUT2D eigenvalue weighted by Crippen LogP contribution is -2.43. The zero-order valence-corrected chi connectivity index (χ0v) is 9.42. The van der Waals surface area contributed by atoms with Crippen molar-refractivity contribution in [2.75, 3.05) is 45.9 Å². The van der Waals surface area contributed by atoms with E-state index in [1.54, 1.807) is 0 Å². The molecule has 1 aliphatic heterocycles. The maximum Gasteiger partial charge on any atom is 0.314 e. The molecule has 5 nitrogen and oxygen atoms in total. The third-order valence-corrected chi connectivity index (χ3v) is 2.35. The van der Waals surface area contributed by atoms with Crippen molar-refractivity contribution in [1.29, 1.82) is 0 Å². The van der Waals surface area contributed by atoms with Gasteiger partial charge in [-0.2, -0.15) is 0 Å². The minimum Gasteiger partial charge on any atom is -0.379 e. The van der Waals surface area contributed by atoms with Gasteiger partial charge in [0.15, 0.2) is 0 Å². The third-order valence-electron chi connectivity index (χ3n) is 2.35. The van der Waals surface area contributed by atoms with Crippen LogP contribution in [0.25, 0.3) is 0 Å². The Labute approximate surface area is 91.2 Å². The summed E-state index contributed by atoms with van der Waals surface area (Å²) < 4.78 is 5.24. The highest BCUT2D eigenvalue weighted by molar-refractivity contribution is 5.73. The van der Waals surface area contributed by atoms with Crippen LogP contribution in [0.5, 0.6) is 0 Å². The quantitative estimate of drug-likeness (QED) is 0.680. The molecule has 88 valence electrons. The van der Waals surface area contributed by atoms with Crippen molar-refractivity contribution in [3.63, 3.8) is 0 Å². The van der Waals surface area contributed by atoms with Crippen LogP contribution in [-0.2, 0) is 4.74 Å². The molecule has 0 spiro atoms. The molecule has 0 aliphatic carbocycles. The number of hydrogen-bond acceptors (Lipinski definition) is 3. The summed E-state index contributed by atoms with van der Waals surface area (Å²) in [5.41, 5.74) is 0. The normalized spacial score (nSPS) is 17.4.